The summed E-state index contributed by atoms with van der Waals surface area (Å²) in [7, 11) is 0. The molecule has 2 aromatic rings. The van der Waals surface area contributed by atoms with Crippen LogP contribution < -0.4 is 16.1 Å². The third-order valence-corrected chi connectivity index (χ3v) is 9.30. The van der Waals surface area contributed by atoms with Crippen LogP contribution in [-0.2, 0) is 37.1 Å². The van der Waals surface area contributed by atoms with Crippen molar-refractivity contribution in [2.24, 2.45) is 11.3 Å². The van der Waals surface area contributed by atoms with E-state index in [1.807, 2.05) is 81.4 Å². The number of hydrazine groups is 1. The normalized spacial score (nSPS) is 20.2. The molecule has 1 saturated heterocycles. The van der Waals surface area contributed by atoms with E-state index in [9.17, 15) is 24.0 Å². The Morgan fingerprint density at radius 1 is 0.911 bits per heavy atom. The van der Waals surface area contributed by atoms with Gasteiger partial charge in [-0.25, -0.2) is 5.01 Å². The highest BCUT2D eigenvalue weighted by Gasteiger charge is 2.50. The Hall–Kier alpha value is -4.05. The molecule has 2 aliphatic rings. The van der Waals surface area contributed by atoms with Gasteiger partial charge in [0.1, 0.15) is 12.1 Å². The maximum absolute atomic E-state index is 14.1. The van der Waals surface area contributed by atoms with E-state index in [0.29, 0.717) is 25.9 Å². The first-order valence-electron chi connectivity index (χ1n) is 16.0. The van der Waals surface area contributed by atoms with Gasteiger partial charge < -0.3 is 15.5 Å². The van der Waals surface area contributed by atoms with Gasteiger partial charge in [-0.05, 0) is 48.1 Å². The molecule has 4 rings (SSSR count). The van der Waals surface area contributed by atoms with Crippen LogP contribution in [0, 0.1) is 11.3 Å². The van der Waals surface area contributed by atoms with Crippen LogP contribution in [0.3, 0.4) is 0 Å². The second-order valence-electron chi connectivity index (χ2n) is 13.0. The van der Waals surface area contributed by atoms with E-state index in [1.165, 1.54) is 6.92 Å². The molecule has 1 aliphatic carbocycles. The van der Waals surface area contributed by atoms with Gasteiger partial charge in [-0.1, -0.05) is 94.3 Å². The van der Waals surface area contributed by atoms with Crippen molar-refractivity contribution in [1.29, 1.82) is 0 Å². The van der Waals surface area contributed by atoms with Gasteiger partial charge in [0, 0.05) is 26.1 Å². The number of amides is 4. The number of carbonyl (C=O) groups excluding carboxylic acids is 5. The topological polar surface area (TPSA) is 128 Å². The summed E-state index contributed by atoms with van der Waals surface area (Å²) in [5.41, 5.74) is 4.12. The summed E-state index contributed by atoms with van der Waals surface area (Å²) < 4.78 is 0. The number of fused-ring (bicyclic) bond motifs is 1. The van der Waals surface area contributed by atoms with Crippen LogP contribution in [0.5, 0.6) is 0 Å². The molecule has 1 heterocycles. The van der Waals surface area contributed by atoms with Crippen molar-refractivity contribution in [2.45, 2.75) is 97.4 Å². The summed E-state index contributed by atoms with van der Waals surface area (Å²) in [5.74, 6) is -2.48. The first-order chi connectivity index (χ1) is 21.5. The van der Waals surface area contributed by atoms with Crippen molar-refractivity contribution in [3.05, 3.63) is 71.8 Å². The second kappa shape index (κ2) is 15.3. The Morgan fingerprint density at radius 2 is 1.49 bits per heavy atom. The number of hydrogen-bond donors (Lipinski definition) is 3. The number of hydrogen-bond acceptors (Lipinski definition) is 6. The Bertz CT molecular complexity index is 1310. The van der Waals surface area contributed by atoms with Crippen LogP contribution in [0.2, 0.25) is 0 Å². The number of nitrogens with zero attached hydrogens (tertiary/aromatic N) is 2. The molecule has 0 bridgehead atoms. The third-order valence-electron chi connectivity index (χ3n) is 9.30. The van der Waals surface area contributed by atoms with E-state index in [1.54, 1.807) is 9.91 Å². The van der Waals surface area contributed by atoms with Gasteiger partial charge in [-0.3, -0.25) is 29.4 Å². The van der Waals surface area contributed by atoms with Crippen LogP contribution in [0.1, 0.15) is 77.3 Å². The SMILES string of the molecule is CCC(C)(C)C(NC(C)=O)C(=O)N1C(C(=O)NCC(=O)C(=O)NN(Cc2ccccc2)Cc2ccccc2)CC2CCCCC21. The average Bonchev–Trinajstić information content (AvgIpc) is 3.42. The van der Waals surface area contributed by atoms with Crippen molar-refractivity contribution < 1.29 is 24.0 Å². The summed E-state index contributed by atoms with van der Waals surface area (Å²) in [5, 5.41) is 7.18. The van der Waals surface area contributed by atoms with Crippen LogP contribution in [0.15, 0.2) is 60.7 Å². The number of nitrogens with one attached hydrogen (secondary N) is 3. The molecule has 0 spiro atoms. The number of benzene rings is 2. The standard InChI is InChI=1S/C35H47N5O5/c1-5-35(3,4)31(37-24(2)41)34(45)40-28-19-13-12-18-27(28)20-29(40)32(43)36-21-30(42)33(44)38-39(22-25-14-8-6-9-15-25)23-26-16-10-7-11-17-26/h6-11,14-17,27-29,31H,5,12-13,18-23H2,1-4H3,(H,36,43)(H,37,41)(H,38,44). The molecule has 10 nitrogen and oxygen atoms in total. The Kier molecular flexibility index (Phi) is 11.5. The fourth-order valence-electron chi connectivity index (χ4n) is 6.47. The Labute approximate surface area is 266 Å². The van der Waals surface area contributed by atoms with E-state index in [4.69, 9.17) is 0 Å². The molecule has 0 aromatic heterocycles. The zero-order valence-corrected chi connectivity index (χ0v) is 26.9. The van der Waals surface area contributed by atoms with Gasteiger partial charge in [0.2, 0.25) is 23.5 Å². The van der Waals surface area contributed by atoms with Gasteiger partial charge in [0.15, 0.2) is 0 Å². The Balaban J connectivity index is 1.44. The van der Waals surface area contributed by atoms with E-state index in [0.717, 1.165) is 36.8 Å². The molecule has 3 N–H and O–H groups in total. The number of likely N-dealkylation sites (tertiary alicyclic amines) is 1. The third kappa shape index (κ3) is 8.78. The van der Waals surface area contributed by atoms with Gasteiger partial charge in [-0.15, -0.1) is 0 Å². The fourth-order valence-corrected chi connectivity index (χ4v) is 6.47. The molecule has 1 aliphatic heterocycles. The largest absolute Gasteiger partial charge is 0.347 e. The van der Waals surface area contributed by atoms with E-state index in [-0.39, 0.29) is 23.8 Å². The summed E-state index contributed by atoms with van der Waals surface area (Å²) in [6, 6.07) is 17.6. The molecule has 2 aromatic carbocycles. The quantitative estimate of drug-likeness (QED) is 0.233. The van der Waals surface area contributed by atoms with Crippen LogP contribution >= 0.6 is 0 Å². The minimum atomic E-state index is -0.828. The van der Waals surface area contributed by atoms with Gasteiger partial charge in [-0.2, -0.15) is 0 Å². The summed E-state index contributed by atoms with van der Waals surface area (Å²) in [4.78, 5) is 67.5. The predicted octanol–water partition coefficient (Wildman–Crippen LogP) is 3.51. The Morgan fingerprint density at radius 3 is 2.04 bits per heavy atom. The molecule has 45 heavy (non-hydrogen) atoms. The van der Waals surface area contributed by atoms with Crippen LogP contribution in [0.4, 0.5) is 0 Å². The molecular weight excluding hydrogens is 570 g/mol. The summed E-state index contributed by atoms with van der Waals surface area (Å²) in [6.45, 7) is 7.51. The molecular formula is C35H47N5O5. The van der Waals surface area contributed by atoms with E-state index < -0.39 is 41.6 Å². The zero-order chi connectivity index (χ0) is 32.6. The summed E-state index contributed by atoms with van der Waals surface area (Å²) >= 11 is 0. The smallest absolute Gasteiger partial charge is 0.303 e. The van der Waals surface area contributed by atoms with Crippen LogP contribution in [-0.4, -0.2) is 64.0 Å². The van der Waals surface area contributed by atoms with Crippen molar-refractivity contribution in [3.8, 4) is 0 Å². The van der Waals surface area contributed by atoms with Gasteiger partial charge in [0.05, 0.1) is 6.54 Å². The molecule has 1 saturated carbocycles. The molecule has 10 heteroatoms. The minimum Gasteiger partial charge on any atom is -0.347 e. The fraction of sp³-hybridized carbons (Fsp3) is 0.514. The van der Waals surface area contributed by atoms with Crippen molar-refractivity contribution in [2.75, 3.05) is 6.54 Å². The van der Waals surface area contributed by atoms with Crippen molar-refractivity contribution >= 4 is 29.4 Å². The lowest BCUT2D eigenvalue weighted by Crippen LogP contribution is -2.60. The molecule has 4 amide bonds. The lowest BCUT2D eigenvalue weighted by molar-refractivity contribution is -0.147. The molecule has 4 unspecified atom stereocenters. The highest BCUT2D eigenvalue weighted by atomic mass is 16.2. The molecule has 4 atom stereocenters. The first-order valence-corrected chi connectivity index (χ1v) is 16.0. The van der Waals surface area contributed by atoms with Crippen LogP contribution in [0.25, 0.3) is 0 Å². The first kappa shape index (κ1) is 33.8. The predicted molar refractivity (Wildman–Crippen MR) is 171 cm³/mol. The van der Waals surface area contributed by atoms with Crippen molar-refractivity contribution in [3.63, 3.8) is 0 Å². The lowest BCUT2D eigenvalue weighted by atomic mass is 9.80. The number of Topliss-reactive ketones (excluding diaryl/α,β-unsaturated/α-hetero) is 1. The zero-order valence-electron chi connectivity index (χ0n) is 26.9. The van der Waals surface area contributed by atoms with E-state index in [2.05, 4.69) is 16.1 Å². The highest BCUT2D eigenvalue weighted by Crippen LogP contribution is 2.41. The maximum Gasteiger partial charge on any atom is 0.303 e. The number of carbonyl (C=O) groups is 5. The average molecular weight is 618 g/mol. The molecule has 2 fully saturated rings. The van der Waals surface area contributed by atoms with Crippen molar-refractivity contribution in [1.82, 2.24) is 26.0 Å². The van der Waals surface area contributed by atoms with Gasteiger partial charge in [0.25, 0.3) is 0 Å². The monoisotopic (exact) mass is 617 g/mol. The second-order valence-corrected chi connectivity index (χ2v) is 13.0. The number of rotatable bonds is 13. The lowest BCUT2D eigenvalue weighted by Gasteiger charge is -2.40. The van der Waals surface area contributed by atoms with E-state index >= 15 is 0 Å². The summed E-state index contributed by atoms with van der Waals surface area (Å²) in [6.07, 6.45) is 4.85. The molecule has 242 valence electrons. The van der Waals surface area contributed by atoms with Gasteiger partial charge >= 0.3 is 5.91 Å². The highest BCUT2D eigenvalue weighted by molar-refractivity contribution is 6.37. The number of ketones is 1. The molecule has 0 radical (unpaired) electrons. The maximum atomic E-state index is 14.1. The minimum absolute atomic E-state index is 0.102.